The van der Waals surface area contributed by atoms with Crippen LogP contribution >= 0.6 is 0 Å². The van der Waals surface area contributed by atoms with Crippen molar-refractivity contribution in [1.29, 1.82) is 0 Å². The Kier molecular flexibility index (Phi) is 5.45. The standard InChI is InChI=1S/C19H28N2O2/c1-5-14-8-7-9-15(6-2)16(14)21-18(23)19(10-11-19)17(22)20-12-13(3)4/h7-9,13H,5-6,10-12H2,1-4H3,(H,20,22)(H,21,23). The third kappa shape index (κ3) is 3.74. The van der Waals surface area contributed by atoms with Gasteiger partial charge in [-0.3, -0.25) is 9.59 Å². The average molecular weight is 316 g/mol. The summed E-state index contributed by atoms with van der Waals surface area (Å²) in [5.74, 6) is 0.0930. The van der Waals surface area contributed by atoms with Crippen molar-refractivity contribution in [2.75, 3.05) is 11.9 Å². The monoisotopic (exact) mass is 316 g/mol. The van der Waals surface area contributed by atoms with E-state index in [1.54, 1.807) is 0 Å². The number of amides is 2. The first-order valence-electron chi connectivity index (χ1n) is 8.65. The van der Waals surface area contributed by atoms with Crippen molar-refractivity contribution in [3.8, 4) is 0 Å². The predicted octanol–water partition coefficient (Wildman–Crippen LogP) is 3.30. The van der Waals surface area contributed by atoms with Gasteiger partial charge in [0.25, 0.3) is 0 Å². The van der Waals surface area contributed by atoms with Gasteiger partial charge in [-0.1, -0.05) is 45.9 Å². The van der Waals surface area contributed by atoms with Gasteiger partial charge in [-0.2, -0.15) is 0 Å². The molecule has 1 saturated carbocycles. The van der Waals surface area contributed by atoms with Crippen LogP contribution in [-0.2, 0) is 22.4 Å². The third-order valence-electron chi connectivity index (χ3n) is 4.53. The molecule has 2 N–H and O–H groups in total. The molecular weight excluding hydrogens is 288 g/mol. The molecule has 0 aliphatic heterocycles. The van der Waals surface area contributed by atoms with Crippen LogP contribution < -0.4 is 10.6 Å². The minimum atomic E-state index is -0.860. The molecule has 4 heteroatoms. The Morgan fingerprint density at radius 1 is 1.09 bits per heavy atom. The highest BCUT2D eigenvalue weighted by atomic mass is 16.2. The second-order valence-electron chi connectivity index (χ2n) is 6.80. The lowest BCUT2D eigenvalue weighted by Gasteiger charge is -2.19. The Balaban J connectivity index is 2.15. The van der Waals surface area contributed by atoms with Crippen molar-refractivity contribution in [1.82, 2.24) is 5.32 Å². The number of aryl methyl sites for hydroxylation is 2. The topological polar surface area (TPSA) is 58.2 Å². The van der Waals surface area contributed by atoms with Crippen molar-refractivity contribution in [3.05, 3.63) is 29.3 Å². The van der Waals surface area contributed by atoms with Crippen LogP contribution in [0.5, 0.6) is 0 Å². The number of carbonyl (C=O) groups is 2. The molecule has 1 fully saturated rings. The van der Waals surface area contributed by atoms with E-state index in [9.17, 15) is 9.59 Å². The quantitative estimate of drug-likeness (QED) is 0.758. The average Bonchev–Trinajstić information content (AvgIpc) is 3.34. The molecule has 1 aromatic rings. The minimum absolute atomic E-state index is 0.129. The number of benzene rings is 1. The Bertz CT molecular complexity index is 567. The van der Waals surface area contributed by atoms with E-state index in [1.807, 2.05) is 32.0 Å². The van der Waals surface area contributed by atoms with E-state index in [0.29, 0.717) is 25.3 Å². The largest absolute Gasteiger partial charge is 0.355 e. The summed E-state index contributed by atoms with van der Waals surface area (Å²) >= 11 is 0. The molecule has 0 atom stereocenters. The fourth-order valence-electron chi connectivity index (χ4n) is 2.78. The van der Waals surface area contributed by atoms with Crippen LogP contribution in [0.1, 0.15) is 51.7 Å². The minimum Gasteiger partial charge on any atom is -0.355 e. The van der Waals surface area contributed by atoms with Gasteiger partial charge in [-0.05, 0) is 42.7 Å². The van der Waals surface area contributed by atoms with Crippen molar-refractivity contribution in [2.45, 2.75) is 53.4 Å². The molecule has 1 aliphatic carbocycles. The first-order valence-corrected chi connectivity index (χ1v) is 8.65. The van der Waals surface area contributed by atoms with Gasteiger partial charge in [0.05, 0.1) is 0 Å². The van der Waals surface area contributed by atoms with Crippen LogP contribution in [0.4, 0.5) is 5.69 Å². The molecule has 0 radical (unpaired) electrons. The smallest absolute Gasteiger partial charge is 0.240 e. The summed E-state index contributed by atoms with van der Waals surface area (Å²) in [6.45, 7) is 8.86. The van der Waals surface area contributed by atoms with Gasteiger partial charge in [-0.25, -0.2) is 0 Å². The lowest BCUT2D eigenvalue weighted by molar-refractivity contribution is -0.134. The Labute approximate surface area is 139 Å². The maximum absolute atomic E-state index is 12.7. The maximum atomic E-state index is 12.7. The first-order chi connectivity index (χ1) is 10.9. The summed E-state index contributed by atoms with van der Waals surface area (Å²) in [4.78, 5) is 25.1. The molecule has 1 aliphatic rings. The Morgan fingerprint density at radius 3 is 2.09 bits per heavy atom. The van der Waals surface area contributed by atoms with E-state index < -0.39 is 5.41 Å². The predicted molar refractivity (Wildman–Crippen MR) is 93.3 cm³/mol. The second kappa shape index (κ2) is 7.16. The van der Waals surface area contributed by atoms with Gasteiger partial charge in [0.1, 0.15) is 5.41 Å². The Hall–Kier alpha value is -1.84. The number of carbonyl (C=O) groups excluding carboxylic acids is 2. The number of anilines is 1. The lowest BCUT2D eigenvalue weighted by atomic mass is 10.0. The van der Waals surface area contributed by atoms with E-state index >= 15 is 0 Å². The number of para-hydroxylation sites is 1. The zero-order chi connectivity index (χ0) is 17.0. The molecule has 0 aromatic heterocycles. The van der Waals surface area contributed by atoms with Crippen molar-refractivity contribution in [2.24, 2.45) is 11.3 Å². The van der Waals surface area contributed by atoms with Gasteiger partial charge < -0.3 is 10.6 Å². The SMILES string of the molecule is CCc1cccc(CC)c1NC(=O)C1(C(=O)NCC(C)C)CC1. The molecule has 4 nitrogen and oxygen atoms in total. The molecule has 2 rings (SSSR count). The number of hydrogen-bond acceptors (Lipinski definition) is 2. The summed E-state index contributed by atoms with van der Waals surface area (Å²) in [6.07, 6.45) is 2.99. The van der Waals surface area contributed by atoms with Gasteiger partial charge in [0, 0.05) is 12.2 Å². The second-order valence-corrected chi connectivity index (χ2v) is 6.80. The van der Waals surface area contributed by atoms with E-state index in [1.165, 1.54) is 0 Å². The highest BCUT2D eigenvalue weighted by Gasteiger charge is 2.56. The normalized spacial score (nSPS) is 15.3. The highest BCUT2D eigenvalue weighted by Crippen LogP contribution is 2.47. The number of hydrogen-bond donors (Lipinski definition) is 2. The summed E-state index contributed by atoms with van der Waals surface area (Å²) in [5.41, 5.74) is 2.28. The van der Waals surface area contributed by atoms with Crippen LogP contribution in [0.15, 0.2) is 18.2 Å². The number of nitrogens with one attached hydrogen (secondary N) is 2. The zero-order valence-electron chi connectivity index (χ0n) is 14.7. The Morgan fingerprint density at radius 2 is 1.65 bits per heavy atom. The van der Waals surface area contributed by atoms with Gasteiger partial charge in [0.2, 0.25) is 11.8 Å². The molecule has 1 aromatic carbocycles. The maximum Gasteiger partial charge on any atom is 0.240 e. The molecule has 0 unspecified atom stereocenters. The van der Waals surface area contributed by atoms with E-state index in [2.05, 4.69) is 24.5 Å². The van der Waals surface area contributed by atoms with Crippen LogP contribution in [0, 0.1) is 11.3 Å². The molecule has 0 bridgehead atoms. The van der Waals surface area contributed by atoms with E-state index in [0.717, 1.165) is 29.7 Å². The lowest BCUT2D eigenvalue weighted by Crippen LogP contribution is -2.41. The molecule has 23 heavy (non-hydrogen) atoms. The van der Waals surface area contributed by atoms with Gasteiger partial charge >= 0.3 is 0 Å². The van der Waals surface area contributed by atoms with Crippen LogP contribution in [0.25, 0.3) is 0 Å². The van der Waals surface area contributed by atoms with Gasteiger partial charge in [-0.15, -0.1) is 0 Å². The van der Waals surface area contributed by atoms with Gasteiger partial charge in [0.15, 0.2) is 0 Å². The fraction of sp³-hybridized carbons (Fsp3) is 0.579. The van der Waals surface area contributed by atoms with Crippen LogP contribution in [0.2, 0.25) is 0 Å². The van der Waals surface area contributed by atoms with Crippen LogP contribution in [0.3, 0.4) is 0 Å². The molecule has 0 spiro atoms. The molecule has 2 amide bonds. The fourth-order valence-corrected chi connectivity index (χ4v) is 2.78. The number of rotatable bonds is 7. The molecule has 0 heterocycles. The van der Waals surface area contributed by atoms with Crippen LogP contribution in [-0.4, -0.2) is 18.4 Å². The van der Waals surface area contributed by atoms with Crippen molar-refractivity contribution < 1.29 is 9.59 Å². The van der Waals surface area contributed by atoms with Crippen molar-refractivity contribution >= 4 is 17.5 Å². The summed E-state index contributed by atoms with van der Waals surface area (Å²) in [5, 5.41) is 5.96. The first kappa shape index (κ1) is 17.5. The summed E-state index contributed by atoms with van der Waals surface area (Å²) in [7, 11) is 0. The summed E-state index contributed by atoms with van der Waals surface area (Å²) < 4.78 is 0. The zero-order valence-corrected chi connectivity index (χ0v) is 14.7. The van der Waals surface area contributed by atoms with E-state index in [-0.39, 0.29) is 11.8 Å². The molecule has 126 valence electrons. The molecule has 0 saturated heterocycles. The third-order valence-corrected chi connectivity index (χ3v) is 4.53. The highest BCUT2D eigenvalue weighted by molar-refractivity contribution is 6.13. The summed E-state index contributed by atoms with van der Waals surface area (Å²) in [6, 6.07) is 6.09. The molecular formula is C19H28N2O2. The van der Waals surface area contributed by atoms with E-state index in [4.69, 9.17) is 0 Å². The van der Waals surface area contributed by atoms with Crippen molar-refractivity contribution in [3.63, 3.8) is 0 Å².